The Morgan fingerprint density at radius 1 is 1.00 bits per heavy atom. The third-order valence-corrected chi connectivity index (χ3v) is 5.54. The summed E-state index contributed by atoms with van der Waals surface area (Å²) < 4.78 is 12.1. The summed E-state index contributed by atoms with van der Waals surface area (Å²) in [6, 6.07) is 14.7. The van der Waals surface area contributed by atoms with E-state index < -0.39 is 0 Å². The predicted molar refractivity (Wildman–Crippen MR) is 117 cm³/mol. The number of fused-ring (bicyclic) bond motifs is 1. The molecule has 3 aromatic rings. The topological polar surface area (TPSA) is 73.7 Å². The second-order valence-corrected chi connectivity index (χ2v) is 7.65. The predicted octanol–water partition coefficient (Wildman–Crippen LogP) is 2.82. The smallest absolute Gasteiger partial charge is 0.274 e. The van der Waals surface area contributed by atoms with Crippen molar-refractivity contribution in [3.05, 3.63) is 86.8 Å². The van der Waals surface area contributed by atoms with Crippen molar-refractivity contribution < 1.29 is 14.3 Å². The van der Waals surface area contributed by atoms with Gasteiger partial charge in [-0.2, -0.15) is 5.10 Å². The summed E-state index contributed by atoms with van der Waals surface area (Å²) in [5.74, 6) is 1.13. The number of carbonyl (C=O) groups excluding carboxylic acids is 1. The molecular weight excluding hydrogens is 394 g/mol. The molecule has 4 rings (SSSR count). The van der Waals surface area contributed by atoms with Crippen LogP contribution < -0.4 is 15.0 Å². The van der Waals surface area contributed by atoms with Crippen LogP contribution in [0.4, 0.5) is 0 Å². The van der Waals surface area contributed by atoms with E-state index >= 15 is 0 Å². The molecular formula is C24H25N3O4. The largest absolute Gasteiger partial charge is 0.493 e. The number of carbonyl (C=O) groups is 1. The Morgan fingerprint density at radius 2 is 1.68 bits per heavy atom. The molecule has 31 heavy (non-hydrogen) atoms. The molecule has 2 heterocycles. The number of nitrogens with zero attached hydrogens (tertiary/aromatic N) is 3. The van der Waals surface area contributed by atoms with Gasteiger partial charge in [0.15, 0.2) is 11.5 Å². The minimum Gasteiger partial charge on any atom is -0.493 e. The molecule has 0 radical (unpaired) electrons. The van der Waals surface area contributed by atoms with E-state index in [1.807, 2.05) is 43.3 Å². The molecule has 160 valence electrons. The SMILES string of the molecule is COc1cc2c(cc1OC)CN(C(=O)c1ccc(=O)n(Cc3ccc(C)cc3)n1)CC2. The number of hydrogen-bond donors (Lipinski definition) is 0. The summed E-state index contributed by atoms with van der Waals surface area (Å²) in [5.41, 5.74) is 4.28. The van der Waals surface area contributed by atoms with Gasteiger partial charge in [-0.15, -0.1) is 0 Å². The first-order chi connectivity index (χ1) is 15.0. The van der Waals surface area contributed by atoms with Gasteiger partial charge in [0.1, 0.15) is 5.69 Å². The maximum atomic E-state index is 13.1. The molecule has 0 atom stereocenters. The third-order valence-electron chi connectivity index (χ3n) is 5.54. The summed E-state index contributed by atoms with van der Waals surface area (Å²) in [7, 11) is 3.21. The van der Waals surface area contributed by atoms with Crippen molar-refractivity contribution in [2.24, 2.45) is 0 Å². The summed E-state index contributed by atoms with van der Waals surface area (Å²) in [6.07, 6.45) is 0.713. The van der Waals surface area contributed by atoms with Crippen molar-refractivity contribution in [1.29, 1.82) is 0 Å². The first-order valence-electron chi connectivity index (χ1n) is 10.1. The van der Waals surface area contributed by atoms with Crippen molar-refractivity contribution in [3.63, 3.8) is 0 Å². The van der Waals surface area contributed by atoms with Gasteiger partial charge in [-0.05, 0) is 48.2 Å². The molecule has 0 spiro atoms. The highest BCUT2D eigenvalue weighted by Gasteiger charge is 2.25. The lowest BCUT2D eigenvalue weighted by Crippen LogP contribution is -2.37. The van der Waals surface area contributed by atoms with Gasteiger partial charge in [-0.1, -0.05) is 29.8 Å². The van der Waals surface area contributed by atoms with E-state index in [1.165, 1.54) is 16.8 Å². The van der Waals surface area contributed by atoms with Gasteiger partial charge in [0.25, 0.3) is 11.5 Å². The van der Waals surface area contributed by atoms with Gasteiger partial charge >= 0.3 is 0 Å². The average molecular weight is 419 g/mol. The van der Waals surface area contributed by atoms with Crippen molar-refractivity contribution in [3.8, 4) is 11.5 Å². The fourth-order valence-electron chi connectivity index (χ4n) is 3.76. The van der Waals surface area contributed by atoms with Gasteiger partial charge in [0, 0.05) is 19.2 Å². The monoisotopic (exact) mass is 419 g/mol. The molecule has 1 amide bonds. The number of methoxy groups -OCH3 is 2. The Kier molecular flexibility index (Phi) is 5.75. The molecule has 7 nitrogen and oxygen atoms in total. The Bertz CT molecular complexity index is 1170. The first kappa shape index (κ1) is 20.7. The van der Waals surface area contributed by atoms with Crippen LogP contribution in [0.25, 0.3) is 0 Å². The molecule has 0 aliphatic carbocycles. The maximum absolute atomic E-state index is 13.1. The minimum absolute atomic E-state index is 0.196. The van der Waals surface area contributed by atoms with Gasteiger partial charge in [-0.3, -0.25) is 9.59 Å². The molecule has 7 heteroatoms. The van der Waals surface area contributed by atoms with E-state index in [0.29, 0.717) is 37.6 Å². The van der Waals surface area contributed by atoms with Gasteiger partial charge in [0.05, 0.1) is 20.8 Å². The van der Waals surface area contributed by atoms with Crippen LogP contribution in [-0.4, -0.2) is 41.4 Å². The Labute approximate surface area is 180 Å². The number of aromatic nitrogens is 2. The number of ether oxygens (including phenoxy) is 2. The lowest BCUT2D eigenvalue weighted by Gasteiger charge is -2.29. The van der Waals surface area contributed by atoms with E-state index in [9.17, 15) is 9.59 Å². The molecule has 0 unspecified atom stereocenters. The number of amides is 1. The van der Waals surface area contributed by atoms with Gasteiger partial charge < -0.3 is 14.4 Å². The van der Waals surface area contributed by atoms with Crippen molar-refractivity contribution >= 4 is 5.91 Å². The molecule has 0 fully saturated rings. The third kappa shape index (κ3) is 4.30. The molecule has 0 bridgehead atoms. The molecule has 0 saturated heterocycles. The molecule has 0 N–H and O–H groups in total. The van der Waals surface area contributed by atoms with Gasteiger partial charge in [-0.25, -0.2) is 4.68 Å². The summed E-state index contributed by atoms with van der Waals surface area (Å²) >= 11 is 0. The Hall–Kier alpha value is -3.61. The van der Waals surface area contributed by atoms with Crippen molar-refractivity contribution in [2.45, 2.75) is 26.4 Å². The highest BCUT2D eigenvalue weighted by Crippen LogP contribution is 2.33. The zero-order valence-corrected chi connectivity index (χ0v) is 17.9. The van der Waals surface area contributed by atoms with Crippen LogP contribution in [0, 0.1) is 6.92 Å². The molecule has 0 saturated carbocycles. The number of benzene rings is 2. The zero-order valence-electron chi connectivity index (χ0n) is 17.9. The van der Waals surface area contributed by atoms with E-state index in [0.717, 1.165) is 22.3 Å². The molecule has 1 aliphatic rings. The standard InChI is InChI=1S/C24H25N3O4/c1-16-4-6-17(7-5-16)14-27-23(28)9-8-20(25-27)24(29)26-11-10-18-12-21(30-2)22(31-3)13-19(18)15-26/h4-9,12-13H,10-11,14-15H2,1-3H3. The lowest BCUT2D eigenvalue weighted by molar-refractivity contribution is 0.0725. The van der Waals surface area contributed by atoms with Crippen LogP contribution in [0.2, 0.25) is 0 Å². The lowest BCUT2D eigenvalue weighted by atomic mass is 9.98. The van der Waals surface area contributed by atoms with Crippen LogP contribution in [0.1, 0.15) is 32.7 Å². The Morgan fingerprint density at radius 3 is 2.35 bits per heavy atom. The second-order valence-electron chi connectivity index (χ2n) is 7.65. The van der Waals surface area contributed by atoms with Crippen LogP contribution in [0.3, 0.4) is 0 Å². The van der Waals surface area contributed by atoms with E-state index in [-0.39, 0.29) is 17.2 Å². The number of hydrogen-bond acceptors (Lipinski definition) is 5. The number of rotatable bonds is 5. The summed E-state index contributed by atoms with van der Waals surface area (Å²) in [5, 5.41) is 4.35. The first-order valence-corrected chi connectivity index (χ1v) is 10.1. The van der Waals surface area contributed by atoms with Crippen molar-refractivity contribution in [1.82, 2.24) is 14.7 Å². The molecule has 2 aromatic carbocycles. The maximum Gasteiger partial charge on any atom is 0.274 e. The van der Waals surface area contributed by atoms with E-state index in [1.54, 1.807) is 19.1 Å². The molecule has 1 aromatic heterocycles. The van der Waals surface area contributed by atoms with Crippen LogP contribution in [0.5, 0.6) is 11.5 Å². The fourth-order valence-corrected chi connectivity index (χ4v) is 3.76. The zero-order chi connectivity index (χ0) is 22.0. The highest BCUT2D eigenvalue weighted by atomic mass is 16.5. The Balaban J connectivity index is 1.56. The van der Waals surface area contributed by atoms with Crippen LogP contribution in [-0.2, 0) is 19.5 Å². The second kappa shape index (κ2) is 8.63. The van der Waals surface area contributed by atoms with Crippen LogP contribution in [0.15, 0.2) is 53.3 Å². The fraction of sp³-hybridized carbons (Fsp3) is 0.292. The number of aryl methyl sites for hydroxylation is 1. The average Bonchev–Trinajstić information content (AvgIpc) is 2.80. The highest BCUT2D eigenvalue weighted by molar-refractivity contribution is 5.92. The minimum atomic E-state index is -0.238. The van der Waals surface area contributed by atoms with E-state index in [4.69, 9.17) is 9.47 Å². The van der Waals surface area contributed by atoms with E-state index in [2.05, 4.69) is 5.10 Å². The molecule has 1 aliphatic heterocycles. The van der Waals surface area contributed by atoms with Crippen molar-refractivity contribution in [2.75, 3.05) is 20.8 Å². The normalized spacial score (nSPS) is 12.9. The summed E-state index contributed by atoms with van der Waals surface area (Å²) in [4.78, 5) is 27.2. The quantitative estimate of drug-likeness (QED) is 0.636. The van der Waals surface area contributed by atoms with Gasteiger partial charge in [0.2, 0.25) is 0 Å². The summed E-state index contributed by atoms with van der Waals surface area (Å²) in [6.45, 7) is 3.35. The van der Waals surface area contributed by atoms with Crippen LogP contribution >= 0.6 is 0 Å².